The zero-order valence-corrected chi connectivity index (χ0v) is 20.5. The van der Waals surface area contributed by atoms with Gasteiger partial charge < -0.3 is 30.3 Å². The first-order chi connectivity index (χ1) is 18.6. The normalized spacial score (nSPS) is 27.9. The lowest BCUT2D eigenvalue weighted by molar-refractivity contribution is -0.119. The van der Waals surface area contributed by atoms with Gasteiger partial charge in [0.05, 0.1) is 22.6 Å². The molecular weight excluding hydrogens is 504 g/mol. The molecule has 3 aromatic carbocycles. The lowest BCUT2D eigenvalue weighted by Crippen LogP contribution is -2.52. The minimum Gasteiger partial charge on any atom is -0.507 e. The summed E-state index contributed by atoms with van der Waals surface area (Å²) in [4.78, 5) is 40.6. The number of hydrogen-bond acceptors (Lipinski definition) is 9. The van der Waals surface area contributed by atoms with Crippen LogP contribution in [-0.2, 0) is 11.2 Å². The maximum absolute atomic E-state index is 13.9. The van der Waals surface area contributed by atoms with Crippen molar-refractivity contribution in [3.63, 3.8) is 0 Å². The zero-order chi connectivity index (χ0) is 27.5. The Balaban J connectivity index is 1.51. The molecule has 9 nitrogen and oxygen atoms in total. The van der Waals surface area contributed by atoms with Crippen LogP contribution in [0.2, 0.25) is 0 Å². The highest BCUT2D eigenvalue weighted by Crippen LogP contribution is 2.63. The second kappa shape index (κ2) is 7.56. The van der Waals surface area contributed by atoms with E-state index >= 15 is 0 Å². The molecule has 0 amide bonds. The van der Waals surface area contributed by atoms with E-state index in [0.717, 1.165) is 0 Å². The van der Waals surface area contributed by atoms with E-state index in [1.165, 1.54) is 36.4 Å². The number of esters is 1. The summed E-state index contributed by atoms with van der Waals surface area (Å²) in [5, 5.41) is 55.0. The summed E-state index contributed by atoms with van der Waals surface area (Å²) in [7, 11) is 0. The molecule has 0 aromatic heterocycles. The number of rotatable bonds is 0. The van der Waals surface area contributed by atoms with Crippen molar-refractivity contribution in [1.82, 2.24) is 0 Å². The number of phenolic OH excluding ortho intramolecular Hbond substituents is 3. The van der Waals surface area contributed by atoms with Gasteiger partial charge in [-0.2, -0.15) is 0 Å². The van der Waals surface area contributed by atoms with Gasteiger partial charge in [-0.25, -0.2) is 4.79 Å². The number of phenols is 3. The summed E-state index contributed by atoms with van der Waals surface area (Å²) < 4.78 is 5.77. The molecule has 0 radical (unpaired) electrons. The van der Waals surface area contributed by atoms with Crippen LogP contribution in [0.5, 0.6) is 17.2 Å². The van der Waals surface area contributed by atoms with E-state index in [1.807, 2.05) is 0 Å². The van der Waals surface area contributed by atoms with E-state index < -0.39 is 52.9 Å². The molecular formula is C30H22O9. The van der Waals surface area contributed by atoms with Gasteiger partial charge in [-0.1, -0.05) is 30.4 Å². The number of aryl methyl sites for hydroxylation is 1. The smallest absolute Gasteiger partial charge is 0.342 e. The van der Waals surface area contributed by atoms with Crippen molar-refractivity contribution in [1.29, 1.82) is 0 Å². The second-order valence-electron chi connectivity index (χ2n) is 10.7. The van der Waals surface area contributed by atoms with Crippen LogP contribution in [0.15, 0.2) is 48.6 Å². The Labute approximate surface area is 221 Å². The van der Waals surface area contributed by atoms with Gasteiger partial charge in [-0.05, 0) is 53.8 Å². The van der Waals surface area contributed by atoms with Crippen LogP contribution in [0.1, 0.15) is 76.5 Å². The highest BCUT2D eigenvalue weighted by atomic mass is 16.6. The average molecular weight is 526 g/mol. The molecule has 7 rings (SSSR count). The van der Waals surface area contributed by atoms with E-state index in [9.17, 15) is 39.9 Å². The van der Waals surface area contributed by atoms with Crippen molar-refractivity contribution in [3.8, 4) is 17.2 Å². The van der Waals surface area contributed by atoms with Gasteiger partial charge in [0, 0.05) is 17.0 Å². The zero-order valence-electron chi connectivity index (χ0n) is 20.5. The molecule has 1 heterocycles. The Morgan fingerprint density at radius 2 is 1.59 bits per heavy atom. The number of hydrogen-bond donors (Lipinski definition) is 5. The van der Waals surface area contributed by atoms with E-state index in [4.69, 9.17) is 4.74 Å². The second-order valence-corrected chi connectivity index (χ2v) is 10.7. The van der Waals surface area contributed by atoms with Gasteiger partial charge in [-0.15, -0.1) is 0 Å². The third-order valence-corrected chi connectivity index (χ3v) is 8.66. The fraction of sp³-hybridized carbons (Fsp3) is 0.233. The summed E-state index contributed by atoms with van der Waals surface area (Å²) in [5.41, 5.74) is -0.639. The van der Waals surface area contributed by atoms with Gasteiger partial charge in [0.15, 0.2) is 5.78 Å². The minimum absolute atomic E-state index is 0.0170. The number of carbonyl (C=O) groups excluding carboxylic acids is 3. The fourth-order valence-corrected chi connectivity index (χ4v) is 7.14. The Hall–Kier alpha value is -4.47. The van der Waals surface area contributed by atoms with Crippen LogP contribution >= 0.6 is 0 Å². The van der Waals surface area contributed by atoms with Crippen molar-refractivity contribution in [2.24, 2.45) is 5.41 Å². The standard InChI is InChI=1S/C30H22O9/c1-11-7-14-22(18(33)8-11)29(38)39-28-17(32)6-5-15-20-12(10-30(15,28)27(14)37)9-19(34)23-24(20)25(35)13-3-2-4-16(31)21(13)26(23)36/h2-9,15,17,27-28,31-34,37H,10H2,1H3/t15-,17+,27+,28-,30+/m1/s1. The van der Waals surface area contributed by atoms with Gasteiger partial charge in [0.25, 0.3) is 0 Å². The van der Waals surface area contributed by atoms with E-state index in [2.05, 4.69) is 0 Å². The third kappa shape index (κ3) is 2.78. The first-order valence-electron chi connectivity index (χ1n) is 12.4. The largest absolute Gasteiger partial charge is 0.507 e. The number of ketones is 2. The molecule has 3 aromatic rings. The summed E-state index contributed by atoms with van der Waals surface area (Å²) in [6, 6.07) is 8.46. The van der Waals surface area contributed by atoms with Gasteiger partial charge in [-0.3, -0.25) is 9.59 Å². The number of allylic oxidation sites excluding steroid dienone is 1. The Bertz CT molecular complexity index is 1720. The predicted octanol–water partition coefficient (Wildman–Crippen LogP) is 2.72. The molecule has 9 heteroatoms. The molecule has 5 atom stereocenters. The molecule has 0 fully saturated rings. The van der Waals surface area contributed by atoms with Crippen molar-refractivity contribution < 1.29 is 44.7 Å². The minimum atomic E-state index is -1.45. The van der Waals surface area contributed by atoms with Crippen LogP contribution in [0, 0.1) is 12.3 Å². The van der Waals surface area contributed by atoms with Crippen molar-refractivity contribution >= 4 is 17.5 Å². The summed E-state index contributed by atoms with van der Waals surface area (Å²) in [6.45, 7) is 1.69. The number of aromatic hydroxyl groups is 3. The van der Waals surface area contributed by atoms with E-state index in [-0.39, 0.29) is 51.3 Å². The molecule has 0 saturated heterocycles. The predicted molar refractivity (Wildman–Crippen MR) is 134 cm³/mol. The maximum Gasteiger partial charge on any atom is 0.342 e. The Kier molecular flexibility index (Phi) is 4.58. The number of carbonyl (C=O) groups is 3. The molecule has 0 saturated carbocycles. The van der Waals surface area contributed by atoms with Gasteiger partial charge in [0.1, 0.15) is 35.0 Å². The molecule has 39 heavy (non-hydrogen) atoms. The first kappa shape index (κ1) is 23.6. The number of benzene rings is 3. The van der Waals surface area contributed by atoms with Crippen LogP contribution in [0.25, 0.3) is 0 Å². The first-order valence-corrected chi connectivity index (χ1v) is 12.4. The molecule has 5 N–H and O–H groups in total. The van der Waals surface area contributed by atoms with Crippen LogP contribution in [0.3, 0.4) is 0 Å². The fourth-order valence-electron chi connectivity index (χ4n) is 7.14. The summed E-state index contributed by atoms with van der Waals surface area (Å²) >= 11 is 0. The van der Waals surface area contributed by atoms with Crippen LogP contribution in [-0.4, -0.2) is 55.3 Å². The highest BCUT2D eigenvalue weighted by molar-refractivity contribution is 6.31. The summed E-state index contributed by atoms with van der Waals surface area (Å²) in [5.74, 6) is -4.23. The molecule has 196 valence electrons. The molecule has 3 aliphatic carbocycles. The van der Waals surface area contributed by atoms with Crippen LogP contribution in [0.4, 0.5) is 0 Å². The molecule has 1 spiro atoms. The molecule has 1 aliphatic heterocycles. The van der Waals surface area contributed by atoms with Crippen molar-refractivity contribution in [2.75, 3.05) is 0 Å². The van der Waals surface area contributed by atoms with Crippen LogP contribution < -0.4 is 0 Å². The number of aliphatic hydroxyl groups is 2. The SMILES string of the molecule is Cc1cc(O)c2c(c1)[C@H](O)[C@]13Cc4cc(O)c5c(c4[C@H]1C=C[C@H](O)[C@H]3OC2=O)C(=O)c1cccc(O)c1C5=O. The van der Waals surface area contributed by atoms with Crippen molar-refractivity contribution in [2.45, 2.75) is 37.6 Å². The molecule has 0 unspecified atom stereocenters. The molecule has 4 aliphatic rings. The summed E-state index contributed by atoms with van der Waals surface area (Å²) in [6.07, 6.45) is -1.02. The van der Waals surface area contributed by atoms with Gasteiger partial charge in [0.2, 0.25) is 5.78 Å². The lowest BCUT2D eigenvalue weighted by Gasteiger charge is -2.46. The third-order valence-electron chi connectivity index (χ3n) is 8.66. The number of aliphatic hydroxyl groups excluding tert-OH is 2. The van der Waals surface area contributed by atoms with Crippen molar-refractivity contribution in [3.05, 3.63) is 98.6 Å². The van der Waals surface area contributed by atoms with E-state index in [1.54, 1.807) is 19.1 Å². The average Bonchev–Trinajstić information content (AvgIpc) is 3.17. The van der Waals surface area contributed by atoms with Gasteiger partial charge >= 0.3 is 5.97 Å². The van der Waals surface area contributed by atoms with E-state index in [0.29, 0.717) is 16.7 Å². The monoisotopic (exact) mass is 526 g/mol. The quantitative estimate of drug-likeness (QED) is 0.171. The Morgan fingerprint density at radius 3 is 2.36 bits per heavy atom. The lowest BCUT2D eigenvalue weighted by atomic mass is 9.61. The number of fused-ring (bicyclic) bond motifs is 6. The maximum atomic E-state index is 13.9. The highest BCUT2D eigenvalue weighted by Gasteiger charge is 2.63. The molecule has 0 bridgehead atoms. The number of ether oxygens (including phenoxy) is 1. The Morgan fingerprint density at radius 1 is 0.846 bits per heavy atom. The topological polar surface area (TPSA) is 162 Å².